The Balaban J connectivity index is 1.63. The summed E-state index contributed by atoms with van der Waals surface area (Å²) in [6.07, 6.45) is 2.25. The zero-order valence-corrected chi connectivity index (χ0v) is 11.7. The first-order chi connectivity index (χ1) is 9.15. The van der Waals surface area contributed by atoms with Gasteiger partial charge in [-0.15, -0.1) is 0 Å². The van der Waals surface area contributed by atoms with E-state index in [1.54, 1.807) is 0 Å². The maximum absolute atomic E-state index is 12.5. The molecule has 1 aromatic rings. The van der Waals surface area contributed by atoms with Crippen molar-refractivity contribution in [2.45, 2.75) is 38.9 Å². The van der Waals surface area contributed by atoms with E-state index in [0.29, 0.717) is 0 Å². The normalized spacial score (nSPS) is 33.8. The van der Waals surface area contributed by atoms with Gasteiger partial charge in [0.2, 0.25) is 5.91 Å². The van der Waals surface area contributed by atoms with Crippen molar-refractivity contribution in [2.24, 2.45) is 11.8 Å². The Labute approximate surface area is 115 Å². The van der Waals surface area contributed by atoms with Gasteiger partial charge >= 0.3 is 0 Å². The van der Waals surface area contributed by atoms with E-state index in [9.17, 15) is 4.79 Å². The standard InChI is InChI=1S/C16H22N2O/c1-11-8-14(11)10-18-12(2)17-15(16(18)19)9-13-6-4-3-5-7-13/h3-7,11-12,14-15,17H,8-10H2,1-2H3. The topological polar surface area (TPSA) is 32.3 Å². The first kappa shape index (κ1) is 12.7. The highest BCUT2D eigenvalue weighted by Gasteiger charge is 2.41. The SMILES string of the molecule is CC1CC1CN1C(=O)C(Cc2ccccc2)NC1C. The van der Waals surface area contributed by atoms with Gasteiger partial charge in [0, 0.05) is 6.54 Å². The van der Waals surface area contributed by atoms with Gasteiger partial charge in [0.25, 0.3) is 0 Å². The Hall–Kier alpha value is -1.35. The molecule has 3 rings (SSSR count). The van der Waals surface area contributed by atoms with Crippen molar-refractivity contribution in [3.8, 4) is 0 Å². The van der Waals surface area contributed by atoms with Crippen LogP contribution in [0.2, 0.25) is 0 Å². The average Bonchev–Trinajstić information content (AvgIpc) is 3.04. The highest BCUT2D eigenvalue weighted by atomic mass is 16.2. The lowest BCUT2D eigenvalue weighted by Gasteiger charge is -2.20. The molecule has 1 amide bonds. The van der Waals surface area contributed by atoms with Crippen LogP contribution >= 0.6 is 0 Å². The molecule has 1 N–H and O–H groups in total. The summed E-state index contributed by atoms with van der Waals surface area (Å²) < 4.78 is 0. The average molecular weight is 258 g/mol. The maximum atomic E-state index is 12.5. The molecule has 102 valence electrons. The quantitative estimate of drug-likeness (QED) is 0.896. The third-order valence-corrected chi connectivity index (χ3v) is 4.48. The van der Waals surface area contributed by atoms with Gasteiger partial charge in [-0.2, -0.15) is 0 Å². The molecule has 3 nitrogen and oxygen atoms in total. The van der Waals surface area contributed by atoms with Gasteiger partial charge in [-0.05, 0) is 37.2 Å². The van der Waals surface area contributed by atoms with Crippen LogP contribution in [0.3, 0.4) is 0 Å². The second-order valence-corrected chi connectivity index (χ2v) is 6.05. The van der Waals surface area contributed by atoms with E-state index >= 15 is 0 Å². The molecule has 0 aromatic heterocycles. The van der Waals surface area contributed by atoms with E-state index in [2.05, 4.69) is 31.3 Å². The number of hydrogen-bond acceptors (Lipinski definition) is 2. The van der Waals surface area contributed by atoms with E-state index in [1.807, 2.05) is 23.1 Å². The number of carbonyl (C=O) groups excluding carboxylic acids is 1. The minimum atomic E-state index is -0.0496. The van der Waals surface area contributed by atoms with E-state index in [-0.39, 0.29) is 18.1 Å². The fraction of sp³-hybridized carbons (Fsp3) is 0.562. The number of nitrogens with one attached hydrogen (secondary N) is 1. The van der Waals surface area contributed by atoms with Crippen molar-refractivity contribution >= 4 is 5.91 Å². The molecule has 3 heteroatoms. The van der Waals surface area contributed by atoms with E-state index in [4.69, 9.17) is 0 Å². The zero-order valence-electron chi connectivity index (χ0n) is 11.7. The first-order valence-electron chi connectivity index (χ1n) is 7.25. The molecule has 2 aliphatic rings. The van der Waals surface area contributed by atoms with Gasteiger partial charge < -0.3 is 4.90 Å². The summed E-state index contributed by atoms with van der Waals surface area (Å²) in [6.45, 7) is 5.29. The lowest BCUT2D eigenvalue weighted by atomic mass is 10.1. The minimum Gasteiger partial charge on any atom is -0.326 e. The van der Waals surface area contributed by atoms with Crippen molar-refractivity contribution in [3.05, 3.63) is 35.9 Å². The highest BCUT2D eigenvalue weighted by Crippen LogP contribution is 2.39. The van der Waals surface area contributed by atoms with E-state index < -0.39 is 0 Å². The Bertz CT molecular complexity index is 459. The smallest absolute Gasteiger partial charge is 0.241 e. The summed E-state index contributed by atoms with van der Waals surface area (Å²) in [7, 11) is 0. The molecular formula is C16H22N2O. The van der Waals surface area contributed by atoms with Crippen LogP contribution in [-0.2, 0) is 11.2 Å². The van der Waals surface area contributed by atoms with Crippen LogP contribution < -0.4 is 5.32 Å². The van der Waals surface area contributed by atoms with Crippen LogP contribution in [-0.4, -0.2) is 29.6 Å². The van der Waals surface area contributed by atoms with Crippen LogP contribution in [0.5, 0.6) is 0 Å². The number of amides is 1. The van der Waals surface area contributed by atoms with Crippen molar-refractivity contribution in [2.75, 3.05) is 6.54 Å². The van der Waals surface area contributed by atoms with Crippen LogP contribution in [0.1, 0.15) is 25.8 Å². The molecule has 1 heterocycles. The summed E-state index contributed by atoms with van der Waals surface area (Å²) in [5, 5.41) is 3.43. The molecule has 19 heavy (non-hydrogen) atoms. The second kappa shape index (κ2) is 4.97. The molecule has 4 atom stereocenters. The van der Waals surface area contributed by atoms with Gasteiger partial charge in [0.1, 0.15) is 0 Å². The monoisotopic (exact) mass is 258 g/mol. The first-order valence-corrected chi connectivity index (χ1v) is 7.25. The molecule has 4 unspecified atom stereocenters. The second-order valence-electron chi connectivity index (χ2n) is 6.05. The molecule has 1 saturated heterocycles. The van der Waals surface area contributed by atoms with Gasteiger partial charge in [-0.3, -0.25) is 10.1 Å². The van der Waals surface area contributed by atoms with E-state index in [1.165, 1.54) is 12.0 Å². The highest BCUT2D eigenvalue weighted by molar-refractivity contribution is 5.84. The molecule has 1 aromatic carbocycles. The maximum Gasteiger partial charge on any atom is 0.241 e. The van der Waals surface area contributed by atoms with Crippen LogP contribution in [0.4, 0.5) is 0 Å². The molecule has 0 spiro atoms. The molecule has 0 bridgehead atoms. The minimum absolute atomic E-state index is 0.0496. The lowest BCUT2D eigenvalue weighted by Crippen LogP contribution is -2.36. The van der Waals surface area contributed by atoms with Gasteiger partial charge in [0.05, 0.1) is 12.2 Å². The molecule has 2 fully saturated rings. The van der Waals surface area contributed by atoms with Gasteiger partial charge in [0.15, 0.2) is 0 Å². The van der Waals surface area contributed by atoms with Crippen molar-refractivity contribution in [1.29, 1.82) is 0 Å². The summed E-state index contributed by atoms with van der Waals surface area (Å²) in [5.41, 5.74) is 1.22. The molecular weight excluding hydrogens is 236 g/mol. The van der Waals surface area contributed by atoms with Crippen molar-refractivity contribution < 1.29 is 4.79 Å². The number of hydrogen-bond donors (Lipinski definition) is 1. The molecule has 1 aliphatic carbocycles. The number of nitrogens with zero attached hydrogens (tertiary/aromatic N) is 1. The van der Waals surface area contributed by atoms with Crippen LogP contribution in [0.15, 0.2) is 30.3 Å². The zero-order chi connectivity index (χ0) is 13.4. The predicted molar refractivity (Wildman–Crippen MR) is 75.5 cm³/mol. The molecule has 1 aliphatic heterocycles. The molecule has 1 saturated carbocycles. The Morgan fingerprint density at radius 2 is 1.95 bits per heavy atom. The fourth-order valence-corrected chi connectivity index (χ4v) is 2.99. The third kappa shape index (κ3) is 2.66. The number of carbonyl (C=O) groups is 1. The Morgan fingerprint density at radius 1 is 1.26 bits per heavy atom. The lowest BCUT2D eigenvalue weighted by molar-refractivity contribution is -0.130. The van der Waals surface area contributed by atoms with Gasteiger partial charge in [-0.25, -0.2) is 0 Å². The fourth-order valence-electron chi connectivity index (χ4n) is 2.99. The summed E-state index contributed by atoms with van der Waals surface area (Å²) in [4.78, 5) is 14.5. The Morgan fingerprint density at radius 3 is 2.58 bits per heavy atom. The van der Waals surface area contributed by atoms with Crippen LogP contribution in [0.25, 0.3) is 0 Å². The Kier molecular flexibility index (Phi) is 3.31. The summed E-state index contributed by atoms with van der Waals surface area (Å²) >= 11 is 0. The predicted octanol–water partition coefficient (Wildman–Crippen LogP) is 2.03. The molecule has 0 radical (unpaired) electrons. The summed E-state index contributed by atoms with van der Waals surface area (Å²) in [6, 6.07) is 10.2. The van der Waals surface area contributed by atoms with Crippen molar-refractivity contribution in [3.63, 3.8) is 0 Å². The van der Waals surface area contributed by atoms with Crippen molar-refractivity contribution in [1.82, 2.24) is 10.2 Å². The number of benzene rings is 1. The largest absolute Gasteiger partial charge is 0.326 e. The third-order valence-electron chi connectivity index (χ3n) is 4.48. The van der Waals surface area contributed by atoms with Crippen LogP contribution in [0, 0.1) is 11.8 Å². The van der Waals surface area contributed by atoms with Gasteiger partial charge in [-0.1, -0.05) is 37.3 Å². The summed E-state index contributed by atoms with van der Waals surface area (Å²) in [5.74, 6) is 1.80. The van der Waals surface area contributed by atoms with E-state index in [0.717, 1.165) is 24.8 Å². The number of rotatable bonds is 4.